The number of amidine groups is 1. The van der Waals surface area contributed by atoms with Crippen LogP contribution in [0.5, 0.6) is 0 Å². The summed E-state index contributed by atoms with van der Waals surface area (Å²) in [5, 5.41) is 23.8. The van der Waals surface area contributed by atoms with Crippen LogP contribution < -0.4 is 10.6 Å². The van der Waals surface area contributed by atoms with Crippen LogP contribution in [-0.4, -0.2) is 40.9 Å². The number of hydrogen-bond acceptors (Lipinski definition) is 6. The van der Waals surface area contributed by atoms with Crippen molar-refractivity contribution in [3.05, 3.63) is 35.1 Å². The van der Waals surface area contributed by atoms with E-state index < -0.39 is 19.0 Å². The molecule has 2 heterocycles. The van der Waals surface area contributed by atoms with Gasteiger partial charge in [0.25, 0.3) is 5.91 Å². The number of carbonyl (C=O) groups is 1. The lowest BCUT2D eigenvalue weighted by atomic mass is 9.84. The highest BCUT2D eigenvalue weighted by Crippen LogP contribution is 2.52. The number of benzene rings is 1. The second-order valence-corrected chi connectivity index (χ2v) is 12.7. The predicted molar refractivity (Wildman–Crippen MR) is 130 cm³/mol. The predicted octanol–water partition coefficient (Wildman–Crippen LogP) is 4.74. The molecule has 3 rings (SSSR count). The molecular weight excluding hydrogens is 439 g/mol. The first-order valence-corrected chi connectivity index (χ1v) is 12.7. The fourth-order valence-corrected chi connectivity index (χ4v) is 5.91. The standard InChI is InChI=1S/C24H33N4O4P/c1-8-32-33(31)17-13-15(14-25)9-10-16(17)26-21(27-33)18-19(29)20(24(5,6)7)28(22(18)30)12-11-23(2,3)4/h9-10,13,20,29H,8,11-12H2,1-7H3,(H,26,27,31)/t20-,33?/m1/s1. The Balaban J connectivity index is 2.11. The molecule has 0 spiro atoms. The summed E-state index contributed by atoms with van der Waals surface area (Å²) in [7, 11) is -3.77. The molecule has 2 N–H and O–H groups in total. The Hall–Kier alpha value is -2.62. The van der Waals surface area contributed by atoms with Gasteiger partial charge in [0.2, 0.25) is 0 Å². The van der Waals surface area contributed by atoms with Crippen molar-refractivity contribution in [2.75, 3.05) is 18.5 Å². The van der Waals surface area contributed by atoms with E-state index in [0.29, 0.717) is 17.8 Å². The van der Waals surface area contributed by atoms with Crippen LogP contribution in [0.4, 0.5) is 5.69 Å². The van der Waals surface area contributed by atoms with Crippen LogP contribution in [0.3, 0.4) is 0 Å². The van der Waals surface area contributed by atoms with E-state index in [2.05, 4.69) is 30.9 Å². The highest BCUT2D eigenvalue weighted by atomic mass is 31.2. The number of carbonyl (C=O) groups excluding carboxylic acids is 1. The third-order valence-electron chi connectivity index (χ3n) is 5.68. The van der Waals surface area contributed by atoms with Gasteiger partial charge in [-0.15, -0.1) is 0 Å². The minimum absolute atomic E-state index is 0.00372. The number of aliphatic hydroxyl groups excluding tert-OH is 1. The second-order valence-electron chi connectivity index (χ2n) is 10.7. The zero-order valence-electron chi connectivity index (χ0n) is 20.4. The molecule has 2 aliphatic rings. The first kappa shape index (κ1) is 25.0. The third-order valence-corrected chi connectivity index (χ3v) is 7.73. The number of fused-ring (bicyclic) bond motifs is 1. The van der Waals surface area contributed by atoms with Gasteiger partial charge in [0.1, 0.15) is 11.3 Å². The summed E-state index contributed by atoms with van der Waals surface area (Å²) in [5.74, 6) is -0.421. The Kier molecular flexibility index (Phi) is 6.54. The summed E-state index contributed by atoms with van der Waals surface area (Å²) in [6, 6.07) is 6.17. The molecular formula is C24H33N4O4P. The molecule has 2 aliphatic heterocycles. The summed E-state index contributed by atoms with van der Waals surface area (Å²) in [4.78, 5) is 15.3. The minimum atomic E-state index is -3.77. The second kappa shape index (κ2) is 8.62. The lowest BCUT2D eigenvalue weighted by Gasteiger charge is -2.36. The van der Waals surface area contributed by atoms with Gasteiger partial charge < -0.3 is 19.8 Å². The normalized spacial score (nSPS) is 23.2. The maximum Gasteiger partial charge on any atom is 0.348 e. The minimum Gasteiger partial charge on any atom is -0.509 e. The largest absolute Gasteiger partial charge is 0.509 e. The van der Waals surface area contributed by atoms with Crippen molar-refractivity contribution in [3.8, 4) is 6.07 Å². The SMILES string of the molecule is CCOP1(=O)N=C(C2=C(O)[C@H](C(C)(C)C)N(CCC(C)(C)C)C2=O)Nc2ccc(C#N)cc21. The number of nitrogens with zero attached hydrogens (tertiary/aromatic N) is 3. The number of nitriles is 1. The Morgan fingerprint density at radius 3 is 2.48 bits per heavy atom. The van der Waals surface area contributed by atoms with Crippen molar-refractivity contribution in [2.24, 2.45) is 15.6 Å². The Morgan fingerprint density at radius 1 is 1.27 bits per heavy atom. The van der Waals surface area contributed by atoms with E-state index in [9.17, 15) is 19.7 Å². The molecule has 0 saturated heterocycles. The molecule has 0 fully saturated rings. The molecule has 33 heavy (non-hydrogen) atoms. The summed E-state index contributed by atoms with van der Waals surface area (Å²) < 4.78 is 23.6. The van der Waals surface area contributed by atoms with Crippen LogP contribution >= 0.6 is 7.52 Å². The molecule has 0 bridgehead atoms. The maximum absolute atomic E-state index is 13.7. The highest BCUT2D eigenvalue weighted by molar-refractivity contribution is 7.66. The van der Waals surface area contributed by atoms with Crippen LogP contribution in [0.2, 0.25) is 0 Å². The van der Waals surface area contributed by atoms with Crippen LogP contribution in [0.15, 0.2) is 34.3 Å². The molecule has 8 nitrogen and oxygen atoms in total. The van der Waals surface area contributed by atoms with Crippen molar-refractivity contribution in [3.63, 3.8) is 0 Å². The average molecular weight is 473 g/mol. The Bertz CT molecular complexity index is 1120. The van der Waals surface area contributed by atoms with Crippen molar-refractivity contribution < 1.29 is 19.0 Å². The summed E-state index contributed by atoms with van der Waals surface area (Å²) in [6.07, 6.45) is 0.753. The van der Waals surface area contributed by atoms with Gasteiger partial charge in [0.05, 0.1) is 35.3 Å². The van der Waals surface area contributed by atoms with E-state index in [1.807, 2.05) is 26.8 Å². The molecule has 2 atom stereocenters. The molecule has 0 radical (unpaired) electrons. The van der Waals surface area contributed by atoms with E-state index in [0.717, 1.165) is 6.42 Å². The summed E-state index contributed by atoms with van der Waals surface area (Å²) in [6.45, 7) is 14.5. The summed E-state index contributed by atoms with van der Waals surface area (Å²) in [5.41, 5.74) is 0.346. The van der Waals surface area contributed by atoms with Crippen LogP contribution in [0, 0.1) is 22.2 Å². The Morgan fingerprint density at radius 2 is 1.94 bits per heavy atom. The number of aliphatic hydroxyl groups is 1. The number of amides is 1. The maximum atomic E-state index is 13.7. The van der Waals surface area contributed by atoms with Crippen LogP contribution in [0.25, 0.3) is 0 Å². The van der Waals surface area contributed by atoms with Gasteiger partial charge in [0, 0.05) is 6.54 Å². The quantitative estimate of drug-likeness (QED) is 0.598. The number of nitrogens with one attached hydrogen (secondary N) is 1. The average Bonchev–Trinajstić information content (AvgIpc) is 2.95. The first-order chi connectivity index (χ1) is 15.2. The molecule has 0 aromatic heterocycles. The topological polar surface area (TPSA) is 115 Å². The van der Waals surface area contributed by atoms with E-state index in [1.54, 1.807) is 24.0 Å². The van der Waals surface area contributed by atoms with Gasteiger partial charge in [0.15, 0.2) is 5.84 Å². The van der Waals surface area contributed by atoms with Crippen molar-refractivity contribution in [1.29, 1.82) is 5.26 Å². The molecule has 1 unspecified atom stereocenters. The van der Waals surface area contributed by atoms with Crippen molar-refractivity contribution in [2.45, 2.75) is 60.9 Å². The molecule has 1 aromatic rings. The van der Waals surface area contributed by atoms with E-state index in [-0.39, 0.29) is 40.4 Å². The smallest absolute Gasteiger partial charge is 0.348 e. The van der Waals surface area contributed by atoms with Crippen molar-refractivity contribution in [1.82, 2.24) is 4.90 Å². The Labute approximate surface area is 195 Å². The van der Waals surface area contributed by atoms with Gasteiger partial charge in [-0.3, -0.25) is 9.36 Å². The monoisotopic (exact) mass is 472 g/mol. The zero-order valence-corrected chi connectivity index (χ0v) is 21.3. The van der Waals surface area contributed by atoms with Crippen LogP contribution in [-0.2, 0) is 13.9 Å². The number of rotatable bonds is 5. The lowest BCUT2D eigenvalue weighted by molar-refractivity contribution is -0.128. The number of hydrogen-bond donors (Lipinski definition) is 2. The molecule has 9 heteroatoms. The number of anilines is 1. The van der Waals surface area contributed by atoms with Crippen molar-refractivity contribution >= 4 is 30.3 Å². The molecule has 1 aromatic carbocycles. The van der Waals surface area contributed by atoms with E-state index >= 15 is 0 Å². The van der Waals surface area contributed by atoms with E-state index in [4.69, 9.17) is 4.52 Å². The molecule has 0 saturated carbocycles. The highest BCUT2D eigenvalue weighted by Gasteiger charge is 2.48. The third kappa shape index (κ3) is 4.85. The fourth-order valence-electron chi connectivity index (χ4n) is 4.11. The van der Waals surface area contributed by atoms with Gasteiger partial charge in [-0.1, -0.05) is 41.5 Å². The molecule has 178 valence electrons. The summed E-state index contributed by atoms with van der Waals surface area (Å²) >= 11 is 0. The van der Waals surface area contributed by atoms with Gasteiger partial charge in [-0.25, -0.2) is 0 Å². The molecule has 1 amide bonds. The fraction of sp³-hybridized carbons (Fsp3) is 0.542. The zero-order chi connectivity index (χ0) is 24.8. The van der Waals surface area contributed by atoms with Gasteiger partial charge in [-0.2, -0.15) is 10.0 Å². The lowest BCUT2D eigenvalue weighted by Crippen LogP contribution is -2.45. The van der Waals surface area contributed by atoms with Gasteiger partial charge >= 0.3 is 7.52 Å². The first-order valence-electron chi connectivity index (χ1n) is 11.1. The van der Waals surface area contributed by atoms with E-state index in [1.165, 1.54) is 6.07 Å². The van der Waals surface area contributed by atoms with Crippen LogP contribution in [0.1, 0.15) is 60.5 Å². The molecule has 0 aliphatic carbocycles. The van der Waals surface area contributed by atoms with Gasteiger partial charge in [-0.05, 0) is 42.4 Å².